The summed E-state index contributed by atoms with van der Waals surface area (Å²) in [6, 6.07) is 16.7. The highest BCUT2D eigenvalue weighted by atomic mass is 16.3. The highest BCUT2D eigenvalue weighted by molar-refractivity contribution is 6.13. The molecular formula is C30H39N5O4. The summed E-state index contributed by atoms with van der Waals surface area (Å²) in [6.07, 6.45) is 2.70. The van der Waals surface area contributed by atoms with Gasteiger partial charge in [-0.3, -0.25) is 14.4 Å². The van der Waals surface area contributed by atoms with E-state index < -0.39 is 22.9 Å². The van der Waals surface area contributed by atoms with Gasteiger partial charge in [-0.1, -0.05) is 54.6 Å². The maximum absolute atomic E-state index is 13.9. The number of hydrogen-bond donors (Lipinski definition) is 3. The lowest BCUT2D eigenvalue weighted by molar-refractivity contribution is -0.142. The molecule has 39 heavy (non-hydrogen) atoms. The third-order valence-electron chi connectivity index (χ3n) is 7.59. The van der Waals surface area contributed by atoms with E-state index >= 15 is 0 Å². The van der Waals surface area contributed by atoms with Crippen LogP contribution in [0.1, 0.15) is 49.8 Å². The summed E-state index contributed by atoms with van der Waals surface area (Å²) in [4.78, 5) is 42.0. The molecule has 4 rings (SSSR count). The minimum absolute atomic E-state index is 0.0323. The molecule has 0 bridgehead atoms. The van der Waals surface area contributed by atoms with Gasteiger partial charge in [-0.15, -0.1) is 0 Å². The lowest BCUT2D eigenvalue weighted by atomic mass is 9.73. The van der Waals surface area contributed by atoms with Crippen LogP contribution in [0.5, 0.6) is 0 Å². The molecule has 2 aliphatic rings. The molecule has 0 spiro atoms. The molecule has 2 unspecified atom stereocenters. The molecule has 2 aromatic carbocycles. The molecule has 1 fully saturated rings. The zero-order valence-corrected chi connectivity index (χ0v) is 23.0. The quantitative estimate of drug-likeness (QED) is 0.430. The number of likely N-dealkylation sites (tertiary alicyclic amines) is 1. The number of carbonyl (C=O) groups excluding carboxylic acids is 3. The van der Waals surface area contributed by atoms with Crippen molar-refractivity contribution in [2.45, 2.75) is 64.1 Å². The Kier molecular flexibility index (Phi) is 8.51. The fraction of sp³-hybridized carbons (Fsp3) is 0.467. The van der Waals surface area contributed by atoms with Crippen LogP contribution >= 0.6 is 0 Å². The van der Waals surface area contributed by atoms with Crippen molar-refractivity contribution in [3.05, 3.63) is 71.3 Å². The molecule has 4 N–H and O–H groups in total. The van der Waals surface area contributed by atoms with E-state index in [0.29, 0.717) is 38.6 Å². The zero-order valence-electron chi connectivity index (χ0n) is 23.0. The van der Waals surface area contributed by atoms with E-state index in [1.807, 2.05) is 54.6 Å². The van der Waals surface area contributed by atoms with Gasteiger partial charge in [0.1, 0.15) is 11.5 Å². The summed E-state index contributed by atoms with van der Waals surface area (Å²) in [5.41, 5.74) is 7.67. The summed E-state index contributed by atoms with van der Waals surface area (Å²) in [6.45, 7) is 3.81. The van der Waals surface area contributed by atoms with Crippen molar-refractivity contribution >= 4 is 23.4 Å². The van der Waals surface area contributed by atoms with E-state index in [2.05, 4.69) is 10.4 Å². The average molecular weight is 534 g/mol. The van der Waals surface area contributed by atoms with Gasteiger partial charge in [0, 0.05) is 26.6 Å². The van der Waals surface area contributed by atoms with E-state index in [1.165, 1.54) is 5.01 Å². The molecule has 2 atom stereocenters. The number of aliphatic hydroxyl groups is 1. The van der Waals surface area contributed by atoms with Crippen molar-refractivity contribution < 1.29 is 19.5 Å². The van der Waals surface area contributed by atoms with Crippen molar-refractivity contribution in [1.82, 2.24) is 15.2 Å². The number of hydrogen-bond acceptors (Lipinski definition) is 6. The van der Waals surface area contributed by atoms with Crippen LogP contribution in [0.2, 0.25) is 0 Å². The van der Waals surface area contributed by atoms with Crippen molar-refractivity contribution in [1.29, 1.82) is 0 Å². The molecule has 0 radical (unpaired) electrons. The third-order valence-corrected chi connectivity index (χ3v) is 7.59. The average Bonchev–Trinajstić information content (AvgIpc) is 3.16. The number of aryl methyl sites for hydroxylation is 1. The second-order valence-electron chi connectivity index (χ2n) is 11.2. The number of piperidine rings is 1. The molecule has 0 aromatic heterocycles. The molecule has 2 heterocycles. The van der Waals surface area contributed by atoms with Crippen molar-refractivity contribution in [2.24, 2.45) is 16.3 Å². The minimum atomic E-state index is -1.14. The molecular weight excluding hydrogens is 494 g/mol. The van der Waals surface area contributed by atoms with E-state index in [-0.39, 0.29) is 25.0 Å². The van der Waals surface area contributed by atoms with Gasteiger partial charge in [0.05, 0.1) is 17.9 Å². The molecule has 1 saturated heterocycles. The number of nitrogens with one attached hydrogen (secondary N) is 1. The van der Waals surface area contributed by atoms with Crippen LogP contribution in [-0.2, 0) is 33.8 Å². The fourth-order valence-electron chi connectivity index (χ4n) is 5.43. The Morgan fingerprint density at radius 3 is 2.51 bits per heavy atom. The van der Waals surface area contributed by atoms with Crippen molar-refractivity contribution in [3.63, 3.8) is 0 Å². The Morgan fingerprint density at radius 1 is 1.13 bits per heavy atom. The number of fused-ring (bicyclic) bond motifs is 1. The molecule has 9 heteroatoms. The van der Waals surface area contributed by atoms with Crippen LogP contribution in [0.25, 0.3) is 0 Å². The van der Waals surface area contributed by atoms with Crippen LogP contribution in [0, 0.1) is 5.41 Å². The van der Waals surface area contributed by atoms with Gasteiger partial charge in [-0.05, 0) is 56.2 Å². The van der Waals surface area contributed by atoms with Crippen molar-refractivity contribution in [2.75, 3.05) is 20.1 Å². The monoisotopic (exact) mass is 533 g/mol. The number of carbonyl (C=O) groups is 3. The predicted molar refractivity (Wildman–Crippen MR) is 149 cm³/mol. The Balaban J connectivity index is 1.54. The van der Waals surface area contributed by atoms with Gasteiger partial charge < -0.3 is 21.1 Å². The topological polar surface area (TPSA) is 128 Å². The maximum atomic E-state index is 13.9. The second-order valence-corrected chi connectivity index (χ2v) is 11.2. The van der Waals surface area contributed by atoms with Gasteiger partial charge in [-0.2, -0.15) is 5.10 Å². The number of benzene rings is 2. The zero-order chi connectivity index (χ0) is 28.2. The van der Waals surface area contributed by atoms with E-state index in [4.69, 9.17) is 5.73 Å². The Bertz CT molecular complexity index is 1240. The summed E-state index contributed by atoms with van der Waals surface area (Å²) >= 11 is 0. The van der Waals surface area contributed by atoms with Gasteiger partial charge in [0.25, 0.3) is 5.91 Å². The van der Waals surface area contributed by atoms with E-state index in [0.717, 1.165) is 22.4 Å². The molecule has 2 aliphatic heterocycles. The first kappa shape index (κ1) is 28.4. The third kappa shape index (κ3) is 6.37. The Morgan fingerprint density at radius 2 is 1.82 bits per heavy atom. The minimum Gasteiger partial charge on any atom is -0.392 e. The largest absolute Gasteiger partial charge is 0.392 e. The lowest BCUT2D eigenvalue weighted by Gasteiger charge is -2.41. The highest BCUT2D eigenvalue weighted by Gasteiger charge is 2.53. The normalized spacial score (nSPS) is 19.9. The number of amides is 3. The van der Waals surface area contributed by atoms with Crippen molar-refractivity contribution in [3.8, 4) is 0 Å². The smallest absolute Gasteiger partial charge is 0.256 e. The van der Waals surface area contributed by atoms with E-state index in [9.17, 15) is 19.5 Å². The summed E-state index contributed by atoms with van der Waals surface area (Å²) in [5, 5.41) is 18.2. The molecule has 0 saturated carbocycles. The number of rotatable bonds is 10. The molecule has 208 valence electrons. The van der Waals surface area contributed by atoms with Crippen LogP contribution in [0.15, 0.2) is 59.7 Å². The van der Waals surface area contributed by atoms with Crippen LogP contribution in [0.4, 0.5) is 0 Å². The first-order valence-electron chi connectivity index (χ1n) is 13.5. The van der Waals surface area contributed by atoms with Gasteiger partial charge in [0.2, 0.25) is 11.8 Å². The fourth-order valence-corrected chi connectivity index (χ4v) is 5.43. The highest BCUT2D eigenvalue weighted by Crippen LogP contribution is 2.38. The molecule has 3 amide bonds. The molecule has 9 nitrogen and oxygen atoms in total. The van der Waals surface area contributed by atoms with Gasteiger partial charge >= 0.3 is 0 Å². The van der Waals surface area contributed by atoms with Crippen LogP contribution in [0.3, 0.4) is 0 Å². The molecule has 0 aliphatic carbocycles. The van der Waals surface area contributed by atoms with Gasteiger partial charge in [-0.25, -0.2) is 5.01 Å². The number of aliphatic hydroxyl groups excluding tert-OH is 1. The maximum Gasteiger partial charge on any atom is 0.256 e. The van der Waals surface area contributed by atoms with Crippen LogP contribution in [-0.4, -0.2) is 70.2 Å². The lowest BCUT2D eigenvalue weighted by Crippen LogP contribution is -2.60. The summed E-state index contributed by atoms with van der Waals surface area (Å²) in [7, 11) is 1.66. The Hall–Kier alpha value is -3.56. The number of nitrogens with zero attached hydrogens (tertiary/aromatic N) is 3. The summed E-state index contributed by atoms with van der Waals surface area (Å²) < 4.78 is 0. The Labute approximate surface area is 230 Å². The number of nitrogens with two attached hydrogens (primary N) is 1. The standard InChI is InChI=1S/C30H39N5O4/c1-29(2,31)27(38)32-24(14-8-12-21-11-7-13-23(17-21)19-36)26(37)35-16-15-25-30(20-35,28(39)34(3)33-25)18-22-9-5-4-6-10-22/h4-7,9-11,13,17,24,36H,8,12,14-16,18-20,31H2,1-3H3,(H,32,38). The summed E-state index contributed by atoms with van der Waals surface area (Å²) in [5.74, 6) is -0.741. The SMILES string of the molecule is CN1N=C2CCN(C(=O)C(CCCc3cccc(CO)c3)NC(=O)C(C)(C)N)CC2(Cc2ccccc2)C1=O. The first-order valence-corrected chi connectivity index (χ1v) is 13.5. The van der Waals surface area contributed by atoms with E-state index in [1.54, 1.807) is 25.8 Å². The first-order chi connectivity index (χ1) is 18.5. The van der Waals surface area contributed by atoms with Gasteiger partial charge in [0.15, 0.2) is 0 Å². The second kappa shape index (κ2) is 11.7. The number of hydrazone groups is 1. The molecule has 2 aromatic rings. The predicted octanol–water partition coefficient (Wildman–Crippen LogP) is 2.01. The van der Waals surface area contributed by atoms with Crippen LogP contribution < -0.4 is 11.1 Å².